The van der Waals surface area contributed by atoms with E-state index in [-0.39, 0.29) is 0 Å². The van der Waals surface area contributed by atoms with Crippen molar-refractivity contribution in [2.24, 2.45) is 0 Å². The molecule has 0 radical (unpaired) electrons. The van der Waals surface area contributed by atoms with E-state index in [1.807, 2.05) is 70.3 Å². The first-order valence-electron chi connectivity index (χ1n) is 9.07. The highest BCUT2D eigenvalue weighted by molar-refractivity contribution is 8.16. The lowest BCUT2D eigenvalue weighted by molar-refractivity contribution is 0.484. The molecule has 0 amide bonds. The van der Waals surface area contributed by atoms with Gasteiger partial charge >= 0.3 is 10.1 Å². The van der Waals surface area contributed by atoms with E-state index in [1.54, 1.807) is 12.1 Å². The van der Waals surface area contributed by atoms with Crippen molar-refractivity contribution < 1.29 is 12.6 Å². The Balaban J connectivity index is 1.89. The van der Waals surface area contributed by atoms with Gasteiger partial charge in [-0.15, -0.1) is 23.5 Å². The Kier molecular flexibility index (Phi) is 6.18. The maximum atomic E-state index is 13.0. The van der Waals surface area contributed by atoms with Crippen molar-refractivity contribution in [3.63, 3.8) is 0 Å². The van der Waals surface area contributed by atoms with Gasteiger partial charge in [-0.25, -0.2) is 0 Å². The van der Waals surface area contributed by atoms with Crippen LogP contribution in [0.4, 0.5) is 0 Å². The summed E-state index contributed by atoms with van der Waals surface area (Å²) in [4.78, 5) is 0.297. The molecule has 0 atom stereocenters. The van der Waals surface area contributed by atoms with Crippen molar-refractivity contribution in [1.29, 1.82) is 0 Å². The minimum atomic E-state index is -3.88. The van der Waals surface area contributed by atoms with Gasteiger partial charge in [-0.1, -0.05) is 12.1 Å². The smallest absolute Gasteiger partial charge is 0.339 e. The zero-order chi connectivity index (χ0) is 19.8. The second kappa shape index (κ2) is 8.10. The van der Waals surface area contributed by atoms with E-state index in [4.69, 9.17) is 4.18 Å². The predicted octanol–water partition coefficient (Wildman–Crippen LogP) is 5.87. The van der Waals surface area contributed by atoms with E-state index in [9.17, 15) is 8.42 Å². The summed E-state index contributed by atoms with van der Waals surface area (Å²) in [6, 6.07) is 7.49. The maximum absolute atomic E-state index is 13.0. The first kappa shape index (κ1) is 20.6. The molecule has 27 heavy (non-hydrogen) atoms. The number of hydrogen-bond acceptors (Lipinski definition) is 5. The summed E-state index contributed by atoms with van der Waals surface area (Å²) in [5, 5.41) is 0. The lowest BCUT2D eigenvalue weighted by atomic mass is 9.95. The number of thioether (sulfide) groups is 2. The van der Waals surface area contributed by atoms with Crippen molar-refractivity contribution in [1.82, 2.24) is 0 Å². The van der Waals surface area contributed by atoms with Gasteiger partial charge in [0.25, 0.3) is 0 Å². The van der Waals surface area contributed by atoms with Crippen LogP contribution < -0.4 is 4.18 Å². The van der Waals surface area contributed by atoms with Crippen LogP contribution >= 0.6 is 23.5 Å². The molecular formula is C21H26O3S3. The molecule has 6 heteroatoms. The molecule has 3 rings (SSSR count). The van der Waals surface area contributed by atoms with Gasteiger partial charge in [0.1, 0.15) is 10.6 Å². The van der Waals surface area contributed by atoms with Crippen molar-refractivity contribution >= 4 is 33.6 Å². The van der Waals surface area contributed by atoms with Crippen LogP contribution in [0.15, 0.2) is 29.2 Å². The third kappa shape index (κ3) is 4.17. The molecule has 2 aromatic rings. The number of hydrogen-bond donors (Lipinski definition) is 0. The molecule has 0 bridgehead atoms. The van der Waals surface area contributed by atoms with Crippen LogP contribution in [-0.2, 0) is 10.1 Å². The van der Waals surface area contributed by atoms with Gasteiger partial charge in [0.05, 0.1) is 4.58 Å². The minimum absolute atomic E-state index is 0.297. The molecule has 0 aliphatic carbocycles. The summed E-state index contributed by atoms with van der Waals surface area (Å²) in [7, 11) is -3.88. The van der Waals surface area contributed by atoms with Gasteiger partial charge in [-0.3, -0.25) is 0 Å². The Morgan fingerprint density at radius 2 is 1.30 bits per heavy atom. The van der Waals surface area contributed by atoms with Gasteiger partial charge in [0, 0.05) is 0 Å². The summed E-state index contributed by atoms with van der Waals surface area (Å²) in [5.74, 6) is 2.71. The average Bonchev–Trinajstić information content (AvgIpc) is 2.65. The number of rotatable bonds is 4. The van der Waals surface area contributed by atoms with Gasteiger partial charge in [-0.05, 0) is 98.1 Å². The molecule has 0 unspecified atom stereocenters. The quantitative estimate of drug-likeness (QED) is 0.577. The zero-order valence-corrected chi connectivity index (χ0v) is 18.9. The van der Waals surface area contributed by atoms with Gasteiger partial charge in [0.2, 0.25) is 0 Å². The molecule has 0 spiro atoms. The summed E-state index contributed by atoms with van der Waals surface area (Å²) in [6.07, 6.45) is 1.25. The Bertz CT molecular complexity index is 913. The lowest BCUT2D eigenvalue weighted by Crippen LogP contribution is -2.15. The fourth-order valence-electron chi connectivity index (χ4n) is 3.37. The Hall–Kier alpha value is -1.11. The Morgan fingerprint density at radius 1 is 0.815 bits per heavy atom. The van der Waals surface area contributed by atoms with Crippen LogP contribution in [0.3, 0.4) is 0 Å². The summed E-state index contributed by atoms with van der Waals surface area (Å²) >= 11 is 3.89. The molecule has 2 aromatic carbocycles. The highest BCUT2D eigenvalue weighted by Crippen LogP contribution is 2.44. The average molecular weight is 423 g/mol. The normalized spacial score (nSPS) is 15.7. The molecule has 1 saturated heterocycles. The second-order valence-corrected chi connectivity index (χ2v) is 11.2. The molecule has 3 nitrogen and oxygen atoms in total. The highest BCUT2D eigenvalue weighted by Gasteiger charge is 2.26. The van der Waals surface area contributed by atoms with Crippen LogP contribution in [0.5, 0.6) is 5.75 Å². The first-order valence-corrected chi connectivity index (χ1v) is 12.6. The SMILES string of the molecule is Cc1c(C)c(C)c(S(=O)(=O)Oc2ccc(C3SCCCS3)cc2)c(C)c1C. The molecule has 1 heterocycles. The molecular weight excluding hydrogens is 396 g/mol. The lowest BCUT2D eigenvalue weighted by Gasteiger charge is -2.21. The summed E-state index contributed by atoms with van der Waals surface area (Å²) < 4.78 is 32.0. The van der Waals surface area contributed by atoms with Crippen molar-refractivity contribution in [3.05, 3.63) is 57.6 Å². The van der Waals surface area contributed by atoms with E-state index in [2.05, 4.69) is 0 Å². The van der Waals surface area contributed by atoms with Crippen molar-refractivity contribution in [3.8, 4) is 5.75 Å². The van der Waals surface area contributed by atoms with Crippen LogP contribution in [0.25, 0.3) is 0 Å². The van der Waals surface area contributed by atoms with E-state index < -0.39 is 10.1 Å². The van der Waals surface area contributed by atoms with E-state index in [1.165, 1.54) is 23.5 Å². The largest absolute Gasteiger partial charge is 0.379 e. The van der Waals surface area contributed by atoms with Crippen LogP contribution in [-0.4, -0.2) is 19.9 Å². The summed E-state index contributed by atoms with van der Waals surface area (Å²) in [6.45, 7) is 9.66. The molecule has 0 aromatic heterocycles. The third-order valence-corrected chi connectivity index (χ3v) is 9.91. The van der Waals surface area contributed by atoms with Gasteiger partial charge < -0.3 is 4.18 Å². The Morgan fingerprint density at radius 3 is 1.81 bits per heavy atom. The van der Waals surface area contributed by atoms with E-state index in [0.29, 0.717) is 15.2 Å². The molecule has 1 aliphatic rings. The first-order chi connectivity index (χ1) is 12.7. The van der Waals surface area contributed by atoms with Crippen molar-refractivity contribution in [2.75, 3.05) is 11.5 Å². The molecule has 0 N–H and O–H groups in total. The monoisotopic (exact) mass is 422 g/mol. The third-order valence-electron chi connectivity index (χ3n) is 5.37. The fourth-order valence-corrected chi connectivity index (χ4v) is 7.77. The Labute approximate surface area is 171 Å². The van der Waals surface area contributed by atoms with Crippen molar-refractivity contribution in [2.45, 2.75) is 50.5 Å². The molecule has 1 fully saturated rings. The zero-order valence-electron chi connectivity index (χ0n) is 16.5. The van der Waals surface area contributed by atoms with Gasteiger partial charge in [-0.2, -0.15) is 8.42 Å². The number of benzene rings is 2. The fraction of sp³-hybridized carbons (Fsp3) is 0.429. The predicted molar refractivity (Wildman–Crippen MR) is 117 cm³/mol. The van der Waals surface area contributed by atoms with Crippen LogP contribution in [0.2, 0.25) is 0 Å². The molecule has 0 saturated carbocycles. The van der Waals surface area contributed by atoms with E-state index in [0.717, 1.165) is 27.8 Å². The minimum Gasteiger partial charge on any atom is -0.379 e. The highest BCUT2D eigenvalue weighted by atomic mass is 32.2. The van der Waals surface area contributed by atoms with Crippen LogP contribution in [0, 0.1) is 34.6 Å². The van der Waals surface area contributed by atoms with Crippen LogP contribution in [0.1, 0.15) is 44.4 Å². The van der Waals surface area contributed by atoms with Gasteiger partial charge in [0.15, 0.2) is 0 Å². The van der Waals surface area contributed by atoms with E-state index >= 15 is 0 Å². The molecule has 146 valence electrons. The topological polar surface area (TPSA) is 43.4 Å². The summed E-state index contributed by atoms with van der Waals surface area (Å²) in [5.41, 5.74) is 5.88. The second-order valence-electron chi connectivity index (χ2n) is 6.99. The maximum Gasteiger partial charge on any atom is 0.339 e. The molecule has 1 aliphatic heterocycles. The standard InChI is InChI=1S/C21H26O3S3/c1-13-14(2)16(4)20(17(5)15(13)3)27(22,23)24-19-9-7-18(8-10-19)21-25-11-6-12-26-21/h7-10,21H,6,11-12H2,1-5H3.